The van der Waals surface area contributed by atoms with Gasteiger partial charge in [-0.15, -0.1) is 0 Å². The molecule has 0 unspecified atom stereocenters. The molecule has 6 nitrogen and oxygen atoms in total. The molecule has 27 heavy (non-hydrogen) atoms. The van der Waals surface area contributed by atoms with Crippen molar-refractivity contribution < 1.29 is 14.3 Å². The Kier molecular flexibility index (Phi) is 8.10. The van der Waals surface area contributed by atoms with Crippen molar-refractivity contribution >= 4 is 11.8 Å². The molecule has 2 rings (SSSR count). The standard InChI is InChI=1S/C21H33N3O3/c1-16(14-22-17(2)25)24(18(3)26)15-20-6-5-12-23(20)13-11-19-7-9-21(27-4)10-8-19/h7-10,16,20H,5-6,11-15H2,1-4H3,(H,22,25)/t16-,20+/m1/s1. The molecule has 0 bridgehead atoms. The second-order valence-corrected chi connectivity index (χ2v) is 7.39. The Labute approximate surface area is 162 Å². The van der Waals surface area contributed by atoms with Crippen molar-refractivity contribution in [2.24, 2.45) is 0 Å². The van der Waals surface area contributed by atoms with Gasteiger partial charge >= 0.3 is 0 Å². The van der Waals surface area contributed by atoms with Crippen molar-refractivity contribution in [1.29, 1.82) is 0 Å². The molecule has 1 aliphatic heterocycles. The third-order valence-electron chi connectivity index (χ3n) is 5.34. The van der Waals surface area contributed by atoms with Gasteiger partial charge in [0.1, 0.15) is 5.75 Å². The Morgan fingerprint density at radius 1 is 1.30 bits per heavy atom. The van der Waals surface area contributed by atoms with E-state index in [1.54, 1.807) is 14.0 Å². The summed E-state index contributed by atoms with van der Waals surface area (Å²) in [6.07, 6.45) is 3.26. The summed E-state index contributed by atoms with van der Waals surface area (Å²) in [6.45, 7) is 8.39. The van der Waals surface area contributed by atoms with Gasteiger partial charge in [-0.1, -0.05) is 12.1 Å². The minimum absolute atomic E-state index is 0.00422. The molecule has 1 N–H and O–H groups in total. The number of hydrogen-bond acceptors (Lipinski definition) is 4. The van der Waals surface area contributed by atoms with Gasteiger partial charge in [0, 0.05) is 45.6 Å². The van der Waals surface area contributed by atoms with E-state index in [4.69, 9.17) is 4.74 Å². The summed E-state index contributed by atoms with van der Waals surface area (Å²) in [4.78, 5) is 27.7. The van der Waals surface area contributed by atoms with Crippen LogP contribution in [0.4, 0.5) is 0 Å². The Morgan fingerprint density at radius 2 is 2.00 bits per heavy atom. The topological polar surface area (TPSA) is 61.9 Å². The van der Waals surface area contributed by atoms with Crippen molar-refractivity contribution in [3.8, 4) is 5.75 Å². The number of nitrogens with one attached hydrogen (secondary N) is 1. The molecule has 1 heterocycles. The number of carbonyl (C=O) groups is 2. The molecule has 2 amide bonds. The van der Waals surface area contributed by atoms with Crippen LogP contribution in [-0.4, -0.2) is 67.0 Å². The van der Waals surface area contributed by atoms with Gasteiger partial charge in [-0.3, -0.25) is 14.5 Å². The number of amides is 2. The van der Waals surface area contributed by atoms with Crippen LogP contribution in [0.1, 0.15) is 39.2 Å². The van der Waals surface area contributed by atoms with Crippen LogP contribution in [0.5, 0.6) is 5.75 Å². The van der Waals surface area contributed by atoms with Gasteiger partial charge in [0.15, 0.2) is 0 Å². The summed E-state index contributed by atoms with van der Waals surface area (Å²) in [7, 11) is 1.68. The highest BCUT2D eigenvalue weighted by Gasteiger charge is 2.28. The lowest BCUT2D eigenvalue weighted by molar-refractivity contribution is -0.132. The molecule has 1 saturated heterocycles. The van der Waals surface area contributed by atoms with E-state index in [9.17, 15) is 9.59 Å². The summed E-state index contributed by atoms with van der Waals surface area (Å²) in [6, 6.07) is 8.60. The number of likely N-dealkylation sites (tertiary alicyclic amines) is 1. The molecule has 1 aromatic carbocycles. The lowest BCUT2D eigenvalue weighted by atomic mass is 10.1. The van der Waals surface area contributed by atoms with Crippen molar-refractivity contribution in [3.05, 3.63) is 29.8 Å². The van der Waals surface area contributed by atoms with E-state index >= 15 is 0 Å². The van der Waals surface area contributed by atoms with Crippen LogP contribution in [0.25, 0.3) is 0 Å². The molecule has 1 aromatic rings. The van der Waals surface area contributed by atoms with Crippen LogP contribution < -0.4 is 10.1 Å². The number of methoxy groups -OCH3 is 1. The fourth-order valence-corrected chi connectivity index (χ4v) is 3.71. The lowest BCUT2D eigenvalue weighted by Gasteiger charge is -2.34. The predicted molar refractivity (Wildman–Crippen MR) is 107 cm³/mol. The second-order valence-electron chi connectivity index (χ2n) is 7.39. The first kappa shape index (κ1) is 21.2. The largest absolute Gasteiger partial charge is 0.497 e. The normalized spacial score (nSPS) is 18.1. The van der Waals surface area contributed by atoms with Crippen LogP contribution in [0.15, 0.2) is 24.3 Å². The Hall–Kier alpha value is -2.08. The molecule has 150 valence electrons. The summed E-state index contributed by atoms with van der Waals surface area (Å²) in [5.74, 6) is 0.880. The van der Waals surface area contributed by atoms with Crippen molar-refractivity contribution in [1.82, 2.24) is 15.1 Å². The lowest BCUT2D eigenvalue weighted by Crippen LogP contribution is -2.49. The Balaban J connectivity index is 1.90. The number of ether oxygens (including phenoxy) is 1. The van der Waals surface area contributed by atoms with Gasteiger partial charge < -0.3 is 15.0 Å². The second kappa shape index (κ2) is 10.3. The van der Waals surface area contributed by atoms with E-state index < -0.39 is 0 Å². The van der Waals surface area contributed by atoms with E-state index in [2.05, 4.69) is 22.3 Å². The monoisotopic (exact) mass is 375 g/mol. The van der Waals surface area contributed by atoms with E-state index in [1.807, 2.05) is 24.0 Å². The first-order chi connectivity index (χ1) is 12.9. The van der Waals surface area contributed by atoms with Gasteiger partial charge in [0.05, 0.1) is 7.11 Å². The number of nitrogens with zero attached hydrogens (tertiary/aromatic N) is 2. The molecule has 0 aromatic heterocycles. The van der Waals surface area contributed by atoms with Crippen LogP contribution in [-0.2, 0) is 16.0 Å². The highest BCUT2D eigenvalue weighted by atomic mass is 16.5. The smallest absolute Gasteiger partial charge is 0.219 e. The first-order valence-electron chi connectivity index (χ1n) is 9.79. The first-order valence-corrected chi connectivity index (χ1v) is 9.79. The summed E-state index contributed by atoms with van der Waals surface area (Å²) >= 11 is 0. The molecule has 0 spiro atoms. The Morgan fingerprint density at radius 3 is 2.59 bits per heavy atom. The molecule has 1 fully saturated rings. The summed E-state index contributed by atoms with van der Waals surface area (Å²) in [5, 5.41) is 2.82. The molecule has 0 radical (unpaired) electrons. The van der Waals surface area contributed by atoms with Gasteiger partial charge in [-0.25, -0.2) is 0 Å². The fraction of sp³-hybridized carbons (Fsp3) is 0.619. The van der Waals surface area contributed by atoms with Gasteiger partial charge in [0.2, 0.25) is 11.8 Å². The quantitative estimate of drug-likeness (QED) is 0.718. The predicted octanol–water partition coefficient (Wildman–Crippen LogP) is 2.08. The maximum atomic E-state index is 12.1. The third kappa shape index (κ3) is 6.54. The zero-order chi connectivity index (χ0) is 19.8. The van der Waals surface area contributed by atoms with E-state index in [-0.39, 0.29) is 17.9 Å². The summed E-state index contributed by atoms with van der Waals surface area (Å²) in [5.41, 5.74) is 1.30. The minimum atomic E-state index is -0.0627. The van der Waals surface area contributed by atoms with E-state index in [0.29, 0.717) is 12.6 Å². The maximum absolute atomic E-state index is 12.1. The molecule has 2 atom stereocenters. The average molecular weight is 376 g/mol. The molecule has 1 aliphatic rings. The van der Waals surface area contributed by atoms with E-state index in [1.165, 1.54) is 18.9 Å². The SMILES string of the molecule is COc1ccc(CCN2CCC[C@H]2CN(C(C)=O)[C@H](C)CNC(C)=O)cc1. The average Bonchev–Trinajstić information content (AvgIpc) is 3.09. The highest BCUT2D eigenvalue weighted by Crippen LogP contribution is 2.20. The summed E-state index contributed by atoms with van der Waals surface area (Å²) < 4.78 is 5.21. The zero-order valence-corrected chi connectivity index (χ0v) is 17.0. The van der Waals surface area contributed by atoms with Gasteiger partial charge in [0.25, 0.3) is 0 Å². The number of rotatable bonds is 9. The number of benzene rings is 1. The zero-order valence-electron chi connectivity index (χ0n) is 17.0. The Bertz CT molecular complexity index is 618. The van der Waals surface area contributed by atoms with Crippen LogP contribution in [0, 0.1) is 0 Å². The minimum Gasteiger partial charge on any atom is -0.497 e. The van der Waals surface area contributed by atoms with Crippen LogP contribution >= 0.6 is 0 Å². The van der Waals surface area contributed by atoms with Crippen LogP contribution in [0.2, 0.25) is 0 Å². The van der Waals surface area contributed by atoms with Crippen molar-refractivity contribution in [3.63, 3.8) is 0 Å². The molecule has 0 aliphatic carbocycles. The maximum Gasteiger partial charge on any atom is 0.219 e. The molecule has 0 saturated carbocycles. The fourth-order valence-electron chi connectivity index (χ4n) is 3.71. The number of hydrogen-bond donors (Lipinski definition) is 1. The molecule has 6 heteroatoms. The van der Waals surface area contributed by atoms with Gasteiger partial charge in [-0.2, -0.15) is 0 Å². The molecular formula is C21H33N3O3. The number of carbonyl (C=O) groups excluding carboxylic acids is 2. The van der Waals surface area contributed by atoms with Crippen LogP contribution in [0.3, 0.4) is 0 Å². The van der Waals surface area contributed by atoms with E-state index in [0.717, 1.165) is 38.2 Å². The van der Waals surface area contributed by atoms with Crippen molar-refractivity contribution in [2.45, 2.75) is 52.1 Å². The third-order valence-corrected chi connectivity index (χ3v) is 5.34. The van der Waals surface area contributed by atoms with Gasteiger partial charge in [-0.05, 0) is 50.4 Å². The molecular weight excluding hydrogens is 342 g/mol. The van der Waals surface area contributed by atoms with Crippen molar-refractivity contribution in [2.75, 3.05) is 33.3 Å². The highest BCUT2D eigenvalue weighted by molar-refractivity contribution is 5.74.